The average molecular weight is 971 g/mol. The molecule has 3 unspecified atom stereocenters. The highest BCUT2D eigenvalue weighted by atomic mass is 35.5. The number of ether oxygens (including phenoxy) is 2. The number of thioether (sulfide) groups is 1. The lowest BCUT2D eigenvalue weighted by molar-refractivity contribution is -0.179. The molecule has 2 amide bonds. The molecule has 2 N–H and O–H groups in total. The van der Waals surface area contributed by atoms with E-state index < -0.39 is 68.7 Å². The third-order valence-corrected chi connectivity index (χ3v) is 14.3. The predicted molar refractivity (Wildman–Crippen MR) is 267 cm³/mol. The fraction of sp³-hybridized carbons (Fsp3) is 0.264. The third kappa shape index (κ3) is 10.4. The van der Waals surface area contributed by atoms with Gasteiger partial charge in [0.15, 0.2) is 16.9 Å². The summed E-state index contributed by atoms with van der Waals surface area (Å²) in [5.41, 5.74) is 1.93. The number of esters is 2. The molecule has 0 spiro atoms. The van der Waals surface area contributed by atoms with Gasteiger partial charge in [-0.15, -0.1) is 23.4 Å². The van der Waals surface area contributed by atoms with Gasteiger partial charge in [0.05, 0.1) is 6.42 Å². The van der Waals surface area contributed by atoms with Crippen LogP contribution in [0.3, 0.4) is 0 Å². The number of β-lactam (4-membered cyclic amide) rings is 1. The van der Waals surface area contributed by atoms with E-state index in [1.165, 1.54) is 16.7 Å². The summed E-state index contributed by atoms with van der Waals surface area (Å²) in [7, 11) is -1.29. The second kappa shape index (κ2) is 20.5. The van der Waals surface area contributed by atoms with E-state index in [9.17, 15) is 19.2 Å². The van der Waals surface area contributed by atoms with Crippen LogP contribution in [0.25, 0.3) is 0 Å². The van der Waals surface area contributed by atoms with Gasteiger partial charge in [0.2, 0.25) is 5.91 Å². The second-order valence-corrected chi connectivity index (χ2v) is 20.6. The second-order valence-electron chi connectivity index (χ2n) is 17.8. The number of amidine groups is 1. The van der Waals surface area contributed by atoms with Gasteiger partial charge in [-0.05, 0) is 68.0 Å². The number of halogens is 1. The smallest absolute Gasteiger partial charge is 0.356 e. The number of benzene rings is 5. The molecule has 0 saturated carbocycles. The molecule has 5 aromatic carbocycles. The molecule has 3 atom stereocenters. The monoisotopic (exact) mass is 969 g/mol. The Morgan fingerprint density at radius 1 is 0.794 bits per heavy atom. The summed E-state index contributed by atoms with van der Waals surface area (Å²) < 4.78 is 16.5. The molecule has 1 fully saturated rings. The van der Waals surface area contributed by atoms with E-state index in [0.29, 0.717) is 22.2 Å². The minimum atomic E-state index is -1.48. The van der Waals surface area contributed by atoms with Crippen LogP contribution in [-0.4, -0.2) is 68.1 Å². The molecular formula is C53H52ClN5O7S2. The van der Waals surface area contributed by atoms with Crippen LogP contribution in [-0.2, 0) is 49.7 Å². The van der Waals surface area contributed by atoms with Crippen molar-refractivity contribution in [2.45, 2.75) is 75.3 Å². The van der Waals surface area contributed by atoms with E-state index in [4.69, 9.17) is 30.9 Å². The van der Waals surface area contributed by atoms with E-state index in [2.05, 4.69) is 15.2 Å². The van der Waals surface area contributed by atoms with Gasteiger partial charge in [-0.2, -0.15) is 0 Å². The molecule has 0 aliphatic carbocycles. The van der Waals surface area contributed by atoms with Crippen LogP contribution in [0.2, 0.25) is 0 Å². The maximum Gasteiger partial charge on any atom is 0.356 e. The molecule has 3 aliphatic heterocycles. The normalized spacial score (nSPS) is 19.0. The summed E-state index contributed by atoms with van der Waals surface area (Å²) in [6.07, 6.45) is -0.922. The van der Waals surface area contributed by atoms with Gasteiger partial charge in [0, 0.05) is 33.4 Å². The number of amides is 2. The number of fused-ring (bicyclic) bond motifs is 1. The summed E-state index contributed by atoms with van der Waals surface area (Å²) >= 11 is 7.81. The van der Waals surface area contributed by atoms with Crippen LogP contribution < -0.4 is 10.6 Å². The zero-order chi connectivity index (χ0) is 48.1. The Morgan fingerprint density at radius 3 is 1.78 bits per heavy atom. The molecule has 15 heteroatoms. The highest BCUT2D eigenvalue weighted by Gasteiger charge is 2.54. The SMILES string of the molecule is CC(C)(C)OC(=O)C(C)(C)O/N=S1\C=C(CC(=O)NC2C(=O)N3C(C(=O)OC(c4ccccc4)c4ccccc4)=C(CCl)CSC23)NC1=NC(c1ccccc1)(c1ccccc1)c1ccccc1. The van der Waals surface area contributed by atoms with Crippen molar-refractivity contribution in [3.8, 4) is 0 Å². The Kier molecular flexibility index (Phi) is 14.5. The zero-order valence-electron chi connectivity index (χ0n) is 38.3. The van der Waals surface area contributed by atoms with Crippen molar-refractivity contribution in [3.05, 3.63) is 202 Å². The molecule has 0 radical (unpaired) electrons. The lowest BCUT2D eigenvalue weighted by Crippen LogP contribution is -2.70. The number of aliphatic imine (C=N–C) groups is 1. The zero-order valence-corrected chi connectivity index (χ0v) is 40.6. The van der Waals surface area contributed by atoms with Crippen molar-refractivity contribution in [1.29, 1.82) is 0 Å². The highest BCUT2D eigenvalue weighted by Crippen LogP contribution is 2.43. The first-order valence-electron chi connectivity index (χ1n) is 22.1. The molecular weight excluding hydrogens is 918 g/mol. The van der Waals surface area contributed by atoms with Crippen LogP contribution in [0.15, 0.2) is 184 Å². The first kappa shape index (κ1) is 48.1. The summed E-state index contributed by atoms with van der Waals surface area (Å²) in [6, 6.07) is 47.5. The predicted octanol–water partition coefficient (Wildman–Crippen LogP) is 9.25. The van der Waals surface area contributed by atoms with Gasteiger partial charge >= 0.3 is 11.9 Å². The molecule has 68 heavy (non-hydrogen) atoms. The third-order valence-electron chi connectivity index (χ3n) is 11.3. The Bertz CT molecular complexity index is 2650. The number of carbonyl (C=O) groups excluding carboxylic acids is 4. The number of nitrogens with zero attached hydrogens (tertiary/aromatic N) is 3. The van der Waals surface area contributed by atoms with Gasteiger partial charge in [0.25, 0.3) is 5.91 Å². The van der Waals surface area contributed by atoms with E-state index in [1.807, 2.05) is 152 Å². The van der Waals surface area contributed by atoms with Gasteiger partial charge in [-0.25, -0.2) is 19.4 Å². The van der Waals surface area contributed by atoms with Gasteiger partial charge in [-0.3, -0.25) is 14.5 Å². The molecule has 12 nitrogen and oxygen atoms in total. The Balaban J connectivity index is 1.07. The topological polar surface area (TPSA) is 148 Å². The van der Waals surface area contributed by atoms with Crippen molar-refractivity contribution in [2.24, 2.45) is 9.52 Å². The van der Waals surface area contributed by atoms with Gasteiger partial charge < -0.3 is 20.1 Å². The molecule has 3 aliphatic rings. The first-order valence-corrected chi connectivity index (χ1v) is 24.9. The summed E-state index contributed by atoms with van der Waals surface area (Å²) in [6.45, 7) is 8.49. The minimum absolute atomic E-state index is 0.0157. The number of hydrogen-bond donors (Lipinski definition) is 2. The van der Waals surface area contributed by atoms with Crippen LogP contribution in [0.4, 0.5) is 0 Å². The number of alkyl halides is 1. The minimum Gasteiger partial charge on any atom is -0.458 e. The molecule has 350 valence electrons. The van der Waals surface area contributed by atoms with Crippen LogP contribution in [0, 0.1) is 0 Å². The van der Waals surface area contributed by atoms with Crippen molar-refractivity contribution >= 4 is 63.0 Å². The molecule has 8 rings (SSSR count). The summed E-state index contributed by atoms with van der Waals surface area (Å²) in [4.78, 5) is 68.5. The fourth-order valence-corrected chi connectivity index (χ4v) is 11.1. The Labute approximate surface area is 408 Å². The number of rotatable bonds is 15. The first-order chi connectivity index (χ1) is 32.7. The van der Waals surface area contributed by atoms with Crippen LogP contribution in [0.1, 0.15) is 75.0 Å². The maximum atomic E-state index is 14.2. The highest BCUT2D eigenvalue weighted by molar-refractivity contribution is 8.05. The lowest BCUT2D eigenvalue weighted by Gasteiger charge is -2.49. The summed E-state index contributed by atoms with van der Waals surface area (Å²) in [5, 5.41) is 7.86. The van der Waals surface area contributed by atoms with E-state index >= 15 is 0 Å². The van der Waals surface area contributed by atoms with E-state index in [-0.39, 0.29) is 18.0 Å². The van der Waals surface area contributed by atoms with E-state index in [0.717, 1.165) is 27.8 Å². The van der Waals surface area contributed by atoms with Crippen molar-refractivity contribution in [2.75, 3.05) is 11.6 Å². The van der Waals surface area contributed by atoms with E-state index in [1.54, 1.807) is 40.0 Å². The molecule has 0 aromatic heterocycles. The number of nitrogens with one attached hydrogen (secondary N) is 2. The largest absolute Gasteiger partial charge is 0.458 e. The number of hydrogen-bond acceptors (Lipinski definition) is 10. The van der Waals surface area contributed by atoms with Crippen molar-refractivity contribution in [3.63, 3.8) is 0 Å². The standard InChI is InChI=1S/C53H52ClN5O7S2/c1-51(2,3)65-49(63)52(4,5)66-58-68-34-41(55-50(68)57-53(38-25-15-8-16-26-38,39-27-17-9-18-28-39)40-29-19-10-20-30-40)31-42(60)56-43-46(61)59-44(37(32-54)33-67-47(43)59)48(62)64-45(35-21-11-6-12-22-35)36-23-13-7-14-24-36/h6-30,34,43,45,47H,31-33H2,1-5H3,(H,55,57)(H,56,60). The average Bonchev–Trinajstić information content (AvgIpc) is 3.73. The molecule has 1 saturated heterocycles. The Morgan fingerprint density at radius 2 is 1.29 bits per heavy atom. The molecule has 5 aromatic rings. The maximum absolute atomic E-state index is 14.2. The fourth-order valence-electron chi connectivity index (χ4n) is 8.00. The quantitative estimate of drug-likeness (QED) is 0.0345. The number of carbonyl (C=O) groups is 4. The van der Waals surface area contributed by atoms with Crippen molar-refractivity contribution < 1.29 is 33.5 Å². The van der Waals surface area contributed by atoms with Crippen molar-refractivity contribution in [1.82, 2.24) is 15.5 Å². The Hall–Kier alpha value is -6.32. The van der Waals surface area contributed by atoms with Gasteiger partial charge in [0.1, 0.15) is 28.3 Å². The summed E-state index contributed by atoms with van der Waals surface area (Å²) in [5.74, 6) is -1.82. The molecule has 0 bridgehead atoms. The molecule has 3 heterocycles. The van der Waals surface area contributed by atoms with Gasteiger partial charge in [-0.1, -0.05) is 156 Å². The lowest BCUT2D eigenvalue weighted by atomic mass is 9.77. The van der Waals surface area contributed by atoms with Crippen LogP contribution in [0.5, 0.6) is 0 Å². The van der Waals surface area contributed by atoms with Crippen LogP contribution >= 0.6 is 23.4 Å².